The average molecular weight is 300 g/mol. The van der Waals surface area contributed by atoms with Gasteiger partial charge in [0.05, 0.1) is 10.6 Å². The molecule has 2 N–H and O–H groups in total. The van der Waals surface area contributed by atoms with E-state index in [0.717, 1.165) is 12.1 Å². The first-order chi connectivity index (χ1) is 8.87. The van der Waals surface area contributed by atoms with Gasteiger partial charge in [-0.2, -0.15) is 0 Å². The van der Waals surface area contributed by atoms with E-state index >= 15 is 0 Å². The second kappa shape index (κ2) is 5.19. The van der Waals surface area contributed by atoms with Gasteiger partial charge in [0.15, 0.2) is 9.84 Å². The molecule has 0 atom stereocenters. The molecule has 0 bridgehead atoms. The summed E-state index contributed by atoms with van der Waals surface area (Å²) in [7, 11) is -3.65. The standard InChI is InChI=1S/C13H11ClFNO2S/c14-10-3-1-2-9(4-10)8-19(17,18)13-6-11(15)5-12(16)7-13/h1-7H,8,16H2. The summed E-state index contributed by atoms with van der Waals surface area (Å²) in [6.45, 7) is 0. The van der Waals surface area contributed by atoms with Crippen molar-refractivity contribution in [3.8, 4) is 0 Å². The fourth-order valence-corrected chi connectivity index (χ4v) is 3.30. The summed E-state index contributed by atoms with van der Waals surface area (Å²) in [5.41, 5.74) is 6.06. The highest BCUT2D eigenvalue weighted by Gasteiger charge is 2.17. The molecule has 0 fully saturated rings. The number of benzene rings is 2. The topological polar surface area (TPSA) is 60.2 Å². The van der Waals surface area contributed by atoms with Gasteiger partial charge < -0.3 is 5.73 Å². The third-order valence-corrected chi connectivity index (χ3v) is 4.40. The number of nitrogens with two attached hydrogens (primary N) is 1. The first kappa shape index (κ1) is 13.8. The normalized spacial score (nSPS) is 11.5. The molecule has 3 nitrogen and oxygen atoms in total. The second-order valence-corrected chi connectivity index (χ2v) is 6.54. The molecule has 100 valence electrons. The van der Waals surface area contributed by atoms with Crippen molar-refractivity contribution in [1.82, 2.24) is 0 Å². The Morgan fingerprint density at radius 2 is 1.89 bits per heavy atom. The molecule has 0 aliphatic rings. The Morgan fingerprint density at radius 1 is 1.16 bits per heavy atom. The van der Waals surface area contributed by atoms with Crippen LogP contribution in [0.2, 0.25) is 5.02 Å². The number of rotatable bonds is 3. The van der Waals surface area contributed by atoms with Gasteiger partial charge in [0, 0.05) is 10.7 Å². The number of sulfone groups is 1. The van der Waals surface area contributed by atoms with Crippen molar-refractivity contribution >= 4 is 27.1 Å². The molecule has 2 aromatic carbocycles. The van der Waals surface area contributed by atoms with Crippen LogP contribution < -0.4 is 5.73 Å². The fourth-order valence-electron chi connectivity index (χ4n) is 1.69. The molecule has 0 radical (unpaired) electrons. The summed E-state index contributed by atoms with van der Waals surface area (Å²) in [6.07, 6.45) is 0. The van der Waals surface area contributed by atoms with Gasteiger partial charge in [-0.25, -0.2) is 12.8 Å². The number of hydrogen-bond acceptors (Lipinski definition) is 3. The Hall–Kier alpha value is -1.59. The Bertz CT molecular complexity index is 696. The van der Waals surface area contributed by atoms with E-state index in [-0.39, 0.29) is 16.3 Å². The molecular formula is C13H11ClFNO2S. The zero-order chi connectivity index (χ0) is 14.0. The van der Waals surface area contributed by atoms with Crippen molar-refractivity contribution in [2.45, 2.75) is 10.6 Å². The second-order valence-electron chi connectivity index (χ2n) is 4.11. The van der Waals surface area contributed by atoms with E-state index in [1.807, 2.05) is 0 Å². The van der Waals surface area contributed by atoms with Gasteiger partial charge in [-0.05, 0) is 35.9 Å². The number of hydrogen-bond donors (Lipinski definition) is 1. The molecule has 0 unspecified atom stereocenters. The summed E-state index contributed by atoms with van der Waals surface area (Å²) in [6, 6.07) is 9.77. The van der Waals surface area contributed by atoms with Crippen LogP contribution >= 0.6 is 11.6 Å². The Morgan fingerprint density at radius 3 is 2.53 bits per heavy atom. The molecule has 0 saturated heterocycles. The molecule has 2 rings (SSSR count). The van der Waals surface area contributed by atoms with Crippen LogP contribution in [0.4, 0.5) is 10.1 Å². The minimum absolute atomic E-state index is 0.0738. The monoisotopic (exact) mass is 299 g/mol. The smallest absolute Gasteiger partial charge is 0.182 e. The first-order valence-corrected chi connectivity index (χ1v) is 7.43. The van der Waals surface area contributed by atoms with Crippen LogP contribution in [0.5, 0.6) is 0 Å². The van der Waals surface area contributed by atoms with E-state index in [2.05, 4.69) is 0 Å². The van der Waals surface area contributed by atoms with Crippen molar-refractivity contribution in [3.63, 3.8) is 0 Å². The van der Waals surface area contributed by atoms with Gasteiger partial charge in [-0.3, -0.25) is 0 Å². The predicted octanol–water partition coefficient (Wildman–Crippen LogP) is 3.04. The van der Waals surface area contributed by atoms with Crippen LogP contribution in [-0.4, -0.2) is 8.42 Å². The number of nitrogen functional groups attached to an aromatic ring is 1. The highest BCUT2D eigenvalue weighted by Crippen LogP contribution is 2.21. The maximum atomic E-state index is 13.2. The lowest BCUT2D eigenvalue weighted by molar-refractivity contribution is 0.590. The molecule has 0 spiro atoms. The van der Waals surface area contributed by atoms with Crippen LogP contribution in [-0.2, 0) is 15.6 Å². The molecular weight excluding hydrogens is 289 g/mol. The SMILES string of the molecule is Nc1cc(F)cc(S(=O)(=O)Cc2cccc(Cl)c2)c1. The summed E-state index contributed by atoms with van der Waals surface area (Å²) in [4.78, 5) is -0.134. The van der Waals surface area contributed by atoms with E-state index in [1.165, 1.54) is 6.07 Å². The molecule has 19 heavy (non-hydrogen) atoms. The third kappa shape index (κ3) is 3.45. The lowest BCUT2D eigenvalue weighted by atomic mass is 10.2. The minimum atomic E-state index is -3.65. The summed E-state index contributed by atoms with van der Waals surface area (Å²) < 4.78 is 37.5. The van der Waals surface area contributed by atoms with Crippen LogP contribution in [0.1, 0.15) is 5.56 Å². The van der Waals surface area contributed by atoms with E-state index in [0.29, 0.717) is 10.6 Å². The largest absolute Gasteiger partial charge is 0.399 e. The van der Waals surface area contributed by atoms with Gasteiger partial charge in [-0.1, -0.05) is 23.7 Å². The van der Waals surface area contributed by atoms with Crippen LogP contribution in [0.25, 0.3) is 0 Å². The maximum Gasteiger partial charge on any atom is 0.182 e. The molecule has 0 amide bonds. The van der Waals surface area contributed by atoms with Gasteiger partial charge >= 0.3 is 0 Å². The van der Waals surface area contributed by atoms with Crippen molar-refractivity contribution in [2.24, 2.45) is 0 Å². The Labute approximate surface area is 115 Å². The Kier molecular flexibility index (Phi) is 3.78. The zero-order valence-electron chi connectivity index (χ0n) is 9.81. The molecule has 2 aromatic rings. The van der Waals surface area contributed by atoms with Gasteiger partial charge in [0.1, 0.15) is 5.82 Å². The number of halogens is 2. The maximum absolute atomic E-state index is 13.2. The molecule has 0 heterocycles. The van der Waals surface area contributed by atoms with E-state index in [1.54, 1.807) is 24.3 Å². The molecule has 0 aliphatic heterocycles. The van der Waals surface area contributed by atoms with Crippen molar-refractivity contribution in [1.29, 1.82) is 0 Å². The third-order valence-electron chi connectivity index (χ3n) is 2.50. The van der Waals surface area contributed by atoms with Gasteiger partial charge in [-0.15, -0.1) is 0 Å². The summed E-state index contributed by atoms with van der Waals surface area (Å²) in [5, 5.41) is 0.450. The van der Waals surface area contributed by atoms with Crippen LogP contribution in [0, 0.1) is 5.82 Å². The summed E-state index contributed by atoms with van der Waals surface area (Å²) in [5.74, 6) is -0.930. The number of anilines is 1. The first-order valence-electron chi connectivity index (χ1n) is 5.40. The summed E-state index contributed by atoms with van der Waals surface area (Å²) >= 11 is 5.80. The van der Waals surface area contributed by atoms with E-state index < -0.39 is 15.7 Å². The van der Waals surface area contributed by atoms with E-state index in [9.17, 15) is 12.8 Å². The molecule has 0 aromatic heterocycles. The Balaban J connectivity index is 2.37. The average Bonchev–Trinajstić information content (AvgIpc) is 2.26. The van der Waals surface area contributed by atoms with Crippen molar-refractivity contribution in [3.05, 3.63) is 58.9 Å². The fraction of sp³-hybridized carbons (Fsp3) is 0.0769. The quantitative estimate of drug-likeness (QED) is 0.886. The van der Waals surface area contributed by atoms with Gasteiger partial charge in [0.2, 0.25) is 0 Å². The van der Waals surface area contributed by atoms with Crippen LogP contribution in [0.15, 0.2) is 47.4 Å². The van der Waals surface area contributed by atoms with Crippen molar-refractivity contribution < 1.29 is 12.8 Å². The van der Waals surface area contributed by atoms with Crippen LogP contribution in [0.3, 0.4) is 0 Å². The van der Waals surface area contributed by atoms with E-state index in [4.69, 9.17) is 17.3 Å². The van der Waals surface area contributed by atoms with Crippen molar-refractivity contribution in [2.75, 3.05) is 5.73 Å². The predicted molar refractivity (Wildman–Crippen MR) is 73.2 cm³/mol. The highest BCUT2D eigenvalue weighted by molar-refractivity contribution is 7.90. The lowest BCUT2D eigenvalue weighted by Crippen LogP contribution is -2.06. The lowest BCUT2D eigenvalue weighted by Gasteiger charge is -2.06. The zero-order valence-corrected chi connectivity index (χ0v) is 11.4. The molecule has 0 aliphatic carbocycles. The molecule has 0 saturated carbocycles. The highest BCUT2D eigenvalue weighted by atomic mass is 35.5. The minimum Gasteiger partial charge on any atom is -0.399 e. The van der Waals surface area contributed by atoms with Gasteiger partial charge in [0.25, 0.3) is 0 Å². The molecule has 6 heteroatoms.